The predicted molar refractivity (Wildman–Crippen MR) is 69.5 cm³/mol. The van der Waals surface area contributed by atoms with Crippen LogP contribution in [0.25, 0.3) is 5.65 Å². The number of carbonyl (C=O) groups excluding carboxylic acids is 1. The molecule has 0 fully saturated rings. The normalized spacial score (nSPS) is 10.6. The molecule has 0 unspecified atom stereocenters. The number of anilines is 1. The van der Waals surface area contributed by atoms with E-state index in [9.17, 15) is 9.18 Å². The molecule has 1 N–H and O–H groups in total. The highest BCUT2D eigenvalue weighted by Crippen LogP contribution is 2.12. The summed E-state index contributed by atoms with van der Waals surface area (Å²) in [5.41, 5.74) is 1.55. The van der Waals surface area contributed by atoms with Crippen LogP contribution in [0.15, 0.2) is 54.9 Å². The molecule has 0 aliphatic rings. The van der Waals surface area contributed by atoms with Gasteiger partial charge in [0.2, 0.25) is 0 Å². The van der Waals surface area contributed by atoms with Gasteiger partial charge in [0.1, 0.15) is 17.2 Å². The standard InChI is InChI=1S/C14H10FN3O/c15-10-3-1-4-11(9-10)17-14(19)12-5-2-6-13-16-7-8-18(12)13/h1-9H,(H,17,19). The Morgan fingerprint density at radius 3 is 2.89 bits per heavy atom. The van der Waals surface area contributed by atoms with E-state index in [1.165, 1.54) is 12.1 Å². The summed E-state index contributed by atoms with van der Waals surface area (Å²) in [5, 5.41) is 2.65. The molecular formula is C14H10FN3O. The van der Waals surface area contributed by atoms with Crippen molar-refractivity contribution in [2.24, 2.45) is 0 Å². The SMILES string of the molecule is O=C(Nc1cccc(F)c1)c1cccc2nccn12. The quantitative estimate of drug-likeness (QED) is 0.765. The summed E-state index contributed by atoms with van der Waals surface area (Å²) in [6, 6.07) is 11.0. The van der Waals surface area contributed by atoms with E-state index in [2.05, 4.69) is 10.3 Å². The van der Waals surface area contributed by atoms with Crippen molar-refractivity contribution in [3.8, 4) is 0 Å². The Bertz CT molecular complexity index is 751. The van der Waals surface area contributed by atoms with Crippen LogP contribution in [0.5, 0.6) is 0 Å². The number of aromatic nitrogens is 2. The van der Waals surface area contributed by atoms with E-state index in [0.717, 1.165) is 0 Å². The van der Waals surface area contributed by atoms with Crippen LogP contribution in [-0.4, -0.2) is 15.3 Å². The third-order valence-electron chi connectivity index (χ3n) is 2.74. The first-order valence-electron chi connectivity index (χ1n) is 5.73. The number of nitrogens with zero attached hydrogens (tertiary/aromatic N) is 2. The zero-order valence-corrected chi connectivity index (χ0v) is 9.88. The van der Waals surface area contributed by atoms with E-state index in [-0.39, 0.29) is 5.91 Å². The lowest BCUT2D eigenvalue weighted by Gasteiger charge is -2.07. The minimum Gasteiger partial charge on any atom is -0.321 e. The summed E-state index contributed by atoms with van der Waals surface area (Å²) in [6.07, 6.45) is 3.32. The maximum atomic E-state index is 13.1. The second-order valence-corrected chi connectivity index (χ2v) is 4.03. The lowest BCUT2D eigenvalue weighted by Crippen LogP contribution is -2.15. The smallest absolute Gasteiger partial charge is 0.272 e. The molecule has 94 valence electrons. The Labute approximate surface area is 108 Å². The Morgan fingerprint density at radius 2 is 2.05 bits per heavy atom. The number of fused-ring (bicyclic) bond motifs is 1. The van der Waals surface area contributed by atoms with Crippen LogP contribution in [0.3, 0.4) is 0 Å². The number of rotatable bonds is 2. The predicted octanol–water partition coefficient (Wildman–Crippen LogP) is 2.73. The first-order chi connectivity index (χ1) is 9.24. The third kappa shape index (κ3) is 2.18. The van der Waals surface area contributed by atoms with Crippen LogP contribution in [0.2, 0.25) is 0 Å². The number of amides is 1. The van der Waals surface area contributed by atoms with Gasteiger partial charge in [-0.3, -0.25) is 9.20 Å². The first kappa shape index (κ1) is 11.4. The molecule has 0 aliphatic heterocycles. The van der Waals surface area contributed by atoms with Crippen molar-refractivity contribution in [2.45, 2.75) is 0 Å². The number of benzene rings is 1. The minimum atomic E-state index is -0.390. The lowest BCUT2D eigenvalue weighted by atomic mass is 10.3. The van der Waals surface area contributed by atoms with Crippen molar-refractivity contribution < 1.29 is 9.18 Å². The number of nitrogens with one attached hydrogen (secondary N) is 1. The average Bonchev–Trinajstić information content (AvgIpc) is 2.86. The topological polar surface area (TPSA) is 46.4 Å². The molecular weight excluding hydrogens is 245 g/mol. The Morgan fingerprint density at radius 1 is 1.21 bits per heavy atom. The van der Waals surface area contributed by atoms with Gasteiger partial charge in [-0.1, -0.05) is 12.1 Å². The van der Waals surface area contributed by atoms with Gasteiger partial charge in [-0.15, -0.1) is 0 Å². The number of pyridine rings is 1. The van der Waals surface area contributed by atoms with E-state index < -0.39 is 5.82 Å². The van der Waals surface area contributed by atoms with Gasteiger partial charge < -0.3 is 5.32 Å². The fourth-order valence-corrected chi connectivity index (χ4v) is 1.89. The molecule has 0 atom stereocenters. The van der Waals surface area contributed by atoms with E-state index in [1.54, 1.807) is 47.1 Å². The molecule has 3 aromatic rings. The van der Waals surface area contributed by atoms with Crippen LogP contribution in [-0.2, 0) is 0 Å². The van der Waals surface area contributed by atoms with E-state index in [4.69, 9.17) is 0 Å². The molecule has 0 bridgehead atoms. The van der Waals surface area contributed by atoms with Gasteiger partial charge in [0.15, 0.2) is 0 Å². The summed E-state index contributed by atoms with van der Waals surface area (Å²) in [4.78, 5) is 16.3. The highest BCUT2D eigenvalue weighted by atomic mass is 19.1. The van der Waals surface area contributed by atoms with Crippen LogP contribution < -0.4 is 5.32 Å². The van der Waals surface area contributed by atoms with Crippen molar-refractivity contribution in [1.82, 2.24) is 9.38 Å². The maximum absolute atomic E-state index is 13.1. The zero-order valence-electron chi connectivity index (χ0n) is 9.88. The Balaban J connectivity index is 1.94. The van der Waals surface area contributed by atoms with Crippen LogP contribution in [0.4, 0.5) is 10.1 Å². The van der Waals surface area contributed by atoms with Gasteiger partial charge in [-0.05, 0) is 30.3 Å². The molecule has 3 rings (SSSR count). The third-order valence-corrected chi connectivity index (χ3v) is 2.74. The highest BCUT2D eigenvalue weighted by molar-refractivity contribution is 6.03. The molecule has 1 aromatic carbocycles. The van der Waals surface area contributed by atoms with Crippen LogP contribution in [0, 0.1) is 5.82 Å². The molecule has 0 radical (unpaired) electrons. The van der Waals surface area contributed by atoms with E-state index in [0.29, 0.717) is 17.0 Å². The monoisotopic (exact) mass is 255 g/mol. The summed E-state index contributed by atoms with van der Waals surface area (Å²) in [7, 11) is 0. The van der Waals surface area contributed by atoms with Gasteiger partial charge in [0.05, 0.1) is 0 Å². The lowest BCUT2D eigenvalue weighted by molar-refractivity contribution is 0.102. The molecule has 0 saturated carbocycles. The largest absolute Gasteiger partial charge is 0.321 e. The highest BCUT2D eigenvalue weighted by Gasteiger charge is 2.10. The van der Waals surface area contributed by atoms with Crippen molar-refractivity contribution >= 4 is 17.2 Å². The molecule has 0 aliphatic carbocycles. The van der Waals surface area contributed by atoms with E-state index in [1.807, 2.05) is 0 Å². The molecule has 0 spiro atoms. The van der Waals surface area contributed by atoms with Gasteiger partial charge in [-0.2, -0.15) is 0 Å². The first-order valence-corrected chi connectivity index (χ1v) is 5.73. The molecule has 5 heteroatoms. The second kappa shape index (κ2) is 4.53. The summed E-state index contributed by atoms with van der Waals surface area (Å²) in [6.45, 7) is 0. The van der Waals surface area contributed by atoms with Crippen molar-refractivity contribution in [1.29, 1.82) is 0 Å². The fraction of sp³-hybridized carbons (Fsp3) is 0. The maximum Gasteiger partial charge on any atom is 0.272 e. The van der Waals surface area contributed by atoms with Gasteiger partial charge in [-0.25, -0.2) is 9.37 Å². The number of hydrogen-bond donors (Lipinski definition) is 1. The average molecular weight is 255 g/mol. The van der Waals surface area contributed by atoms with Crippen molar-refractivity contribution in [2.75, 3.05) is 5.32 Å². The number of halogens is 1. The molecule has 2 aromatic heterocycles. The summed E-state index contributed by atoms with van der Waals surface area (Å²) < 4.78 is 14.7. The molecule has 2 heterocycles. The molecule has 0 saturated heterocycles. The second-order valence-electron chi connectivity index (χ2n) is 4.03. The van der Waals surface area contributed by atoms with Crippen molar-refractivity contribution in [3.05, 3.63) is 66.4 Å². The van der Waals surface area contributed by atoms with Gasteiger partial charge in [0, 0.05) is 18.1 Å². The fourth-order valence-electron chi connectivity index (χ4n) is 1.89. The van der Waals surface area contributed by atoms with Gasteiger partial charge in [0.25, 0.3) is 5.91 Å². The molecule has 1 amide bonds. The van der Waals surface area contributed by atoms with Crippen LogP contribution in [0.1, 0.15) is 10.5 Å². The summed E-state index contributed by atoms with van der Waals surface area (Å²) >= 11 is 0. The van der Waals surface area contributed by atoms with Crippen LogP contribution >= 0.6 is 0 Å². The zero-order chi connectivity index (χ0) is 13.2. The Hall–Kier alpha value is -2.69. The number of hydrogen-bond acceptors (Lipinski definition) is 2. The summed E-state index contributed by atoms with van der Waals surface area (Å²) in [5.74, 6) is -0.701. The number of carbonyl (C=O) groups is 1. The van der Waals surface area contributed by atoms with Gasteiger partial charge >= 0.3 is 0 Å². The molecule has 4 nitrogen and oxygen atoms in total. The molecule has 19 heavy (non-hydrogen) atoms. The minimum absolute atomic E-state index is 0.311. The Kier molecular flexibility index (Phi) is 2.72. The van der Waals surface area contributed by atoms with E-state index >= 15 is 0 Å². The number of imidazole rings is 1. The van der Waals surface area contributed by atoms with Crippen molar-refractivity contribution in [3.63, 3.8) is 0 Å².